The van der Waals surface area contributed by atoms with E-state index in [0.29, 0.717) is 11.3 Å². The van der Waals surface area contributed by atoms with E-state index in [2.05, 4.69) is 10.1 Å². The molecular formula is C12H11NO5. The number of methoxy groups -OCH3 is 1. The first kappa shape index (κ1) is 13.4. The van der Waals surface area contributed by atoms with Crippen LogP contribution in [0.1, 0.15) is 10.4 Å². The van der Waals surface area contributed by atoms with Gasteiger partial charge in [0.1, 0.15) is 0 Å². The van der Waals surface area contributed by atoms with Crippen molar-refractivity contribution in [1.29, 1.82) is 0 Å². The standard InChI is InChI=1S/C12H11NO5/c1-18-12(17)8-2-4-9(5-3-8)13-10(14)6-7-11(15)16/h2-7H,1H3,(H,13,14)(H,15,16). The zero-order valence-corrected chi connectivity index (χ0v) is 9.54. The van der Waals surface area contributed by atoms with Crippen molar-refractivity contribution in [2.24, 2.45) is 0 Å². The van der Waals surface area contributed by atoms with Crippen LogP contribution in [0.5, 0.6) is 0 Å². The van der Waals surface area contributed by atoms with Crippen molar-refractivity contribution < 1.29 is 24.2 Å². The summed E-state index contributed by atoms with van der Waals surface area (Å²) in [5.74, 6) is -2.24. The molecule has 0 aliphatic rings. The van der Waals surface area contributed by atoms with E-state index in [-0.39, 0.29) is 0 Å². The predicted molar refractivity (Wildman–Crippen MR) is 63.2 cm³/mol. The molecule has 18 heavy (non-hydrogen) atoms. The van der Waals surface area contributed by atoms with Crippen LogP contribution in [0.4, 0.5) is 5.69 Å². The van der Waals surface area contributed by atoms with Gasteiger partial charge in [-0.05, 0) is 24.3 Å². The van der Waals surface area contributed by atoms with Crippen LogP contribution in [-0.4, -0.2) is 30.1 Å². The Hall–Kier alpha value is -2.63. The van der Waals surface area contributed by atoms with E-state index in [0.717, 1.165) is 12.2 Å². The van der Waals surface area contributed by atoms with Gasteiger partial charge in [-0.1, -0.05) is 0 Å². The summed E-state index contributed by atoms with van der Waals surface area (Å²) in [6, 6.07) is 6.00. The van der Waals surface area contributed by atoms with Crippen molar-refractivity contribution in [3.05, 3.63) is 42.0 Å². The highest BCUT2D eigenvalue weighted by molar-refractivity contribution is 6.02. The highest BCUT2D eigenvalue weighted by Crippen LogP contribution is 2.10. The van der Waals surface area contributed by atoms with Gasteiger partial charge in [0.2, 0.25) is 5.91 Å². The summed E-state index contributed by atoms with van der Waals surface area (Å²) in [6.45, 7) is 0. The van der Waals surface area contributed by atoms with Crippen molar-refractivity contribution in [2.75, 3.05) is 12.4 Å². The fraction of sp³-hybridized carbons (Fsp3) is 0.0833. The lowest BCUT2D eigenvalue weighted by atomic mass is 10.2. The van der Waals surface area contributed by atoms with Gasteiger partial charge in [0.15, 0.2) is 0 Å². The maximum absolute atomic E-state index is 11.2. The third-order valence-electron chi connectivity index (χ3n) is 1.95. The number of aliphatic carboxylic acids is 1. The van der Waals surface area contributed by atoms with Gasteiger partial charge in [-0.15, -0.1) is 0 Å². The Balaban J connectivity index is 2.66. The molecule has 1 aromatic carbocycles. The Morgan fingerprint density at radius 2 is 1.78 bits per heavy atom. The maximum atomic E-state index is 11.2. The first-order chi connectivity index (χ1) is 8.52. The quantitative estimate of drug-likeness (QED) is 0.614. The fourth-order valence-corrected chi connectivity index (χ4v) is 1.14. The summed E-state index contributed by atoms with van der Waals surface area (Å²) in [6.07, 6.45) is 1.63. The molecule has 0 bridgehead atoms. The number of carbonyl (C=O) groups is 3. The molecule has 0 aromatic heterocycles. The summed E-state index contributed by atoms with van der Waals surface area (Å²) >= 11 is 0. The molecule has 0 aliphatic heterocycles. The maximum Gasteiger partial charge on any atom is 0.337 e. The molecule has 0 heterocycles. The fourth-order valence-electron chi connectivity index (χ4n) is 1.14. The van der Waals surface area contributed by atoms with Crippen LogP contribution in [0.3, 0.4) is 0 Å². The summed E-state index contributed by atoms with van der Waals surface area (Å²) < 4.78 is 4.52. The van der Waals surface area contributed by atoms with Crippen LogP contribution in [0, 0.1) is 0 Å². The molecule has 94 valence electrons. The van der Waals surface area contributed by atoms with E-state index < -0.39 is 17.8 Å². The first-order valence-electron chi connectivity index (χ1n) is 4.93. The Bertz CT molecular complexity index is 490. The van der Waals surface area contributed by atoms with Gasteiger partial charge >= 0.3 is 11.9 Å². The van der Waals surface area contributed by atoms with Crippen LogP contribution in [-0.2, 0) is 14.3 Å². The number of hydrogen-bond donors (Lipinski definition) is 2. The van der Waals surface area contributed by atoms with E-state index in [1.165, 1.54) is 31.4 Å². The second-order valence-corrected chi connectivity index (χ2v) is 3.23. The number of rotatable bonds is 4. The second kappa shape index (κ2) is 6.19. The molecule has 1 amide bonds. The van der Waals surface area contributed by atoms with Gasteiger partial charge in [0.05, 0.1) is 12.7 Å². The zero-order valence-electron chi connectivity index (χ0n) is 9.54. The number of carbonyl (C=O) groups excluding carboxylic acids is 2. The largest absolute Gasteiger partial charge is 0.478 e. The summed E-state index contributed by atoms with van der Waals surface area (Å²) in [5, 5.41) is 10.8. The molecule has 6 nitrogen and oxygen atoms in total. The van der Waals surface area contributed by atoms with E-state index >= 15 is 0 Å². The van der Waals surface area contributed by atoms with Crippen molar-refractivity contribution in [3.8, 4) is 0 Å². The van der Waals surface area contributed by atoms with Gasteiger partial charge in [0, 0.05) is 17.8 Å². The molecule has 0 saturated heterocycles. The average molecular weight is 249 g/mol. The van der Waals surface area contributed by atoms with Crippen LogP contribution in [0.2, 0.25) is 0 Å². The summed E-state index contributed by atoms with van der Waals surface area (Å²) in [7, 11) is 1.27. The highest BCUT2D eigenvalue weighted by atomic mass is 16.5. The molecule has 0 radical (unpaired) electrons. The average Bonchev–Trinajstić information content (AvgIpc) is 2.36. The van der Waals surface area contributed by atoms with Gasteiger partial charge in [0.25, 0.3) is 0 Å². The Morgan fingerprint density at radius 1 is 1.17 bits per heavy atom. The minimum absolute atomic E-state index is 0.358. The lowest BCUT2D eigenvalue weighted by Gasteiger charge is -2.03. The molecule has 0 atom stereocenters. The van der Waals surface area contributed by atoms with Crippen molar-refractivity contribution >= 4 is 23.5 Å². The predicted octanol–water partition coefficient (Wildman–Crippen LogP) is 1.05. The van der Waals surface area contributed by atoms with Crippen LogP contribution in [0.25, 0.3) is 0 Å². The molecule has 1 aromatic rings. The number of carboxylic acids is 1. The van der Waals surface area contributed by atoms with Crippen LogP contribution >= 0.6 is 0 Å². The lowest BCUT2D eigenvalue weighted by Crippen LogP contribution is -2.09. The molecule has 1 rings (SSSR count). The minimum atomic E-state index is -1.20. The molecule has 0 unspecified atom stereocenters. The smallest absolute Gasteiger partial charge is 0.337 e. The molecular weight excluding hydrogens is 238 g/mol. The third-order valence-corrected chi connectivity index (χ3v) is 1.95. The molecule has 0 aliphatic carbocycles. The summed E-state index contributed by atoms with van der Waals surface area (Å²) in [5.41, 5.74) is 0.805. The van der Waals surface area contributed by atoms with Crippen molar-refractivity contribution in [3.63, 3.8) is 0 Å². The highest BCUT2D eigenvalue weighted by Gasteiger charge is 2.05. The number of benzene rings is 1. The molecule has 0 saturated carbocycles. The third kappa shape index (κ3) is 4.09. The number of hydrogen-bond acceptors (Lipinski definition) is 4. The number of amides is 1. The second-order valence-electron chi connectivity index (χ2n) is 3.23. The Morgan fingerprint density at radius 3 is 2.28 bits per heavy atom. The van der Waals surface area contributed by atoms with Crippen LogP contribution in [0.15, 0.2) is 36.4 Å². The SMILES string of the molecule is COC(=O)c1ccc(NC(=O)C=CC(=O)O)cc1. The number of carboxylic acid groups (broad SMARTS) is 1. The van der Waals surface area contributed by atoms with Gasteiger partial charge in [-0.25, -0.2) is 9.59 Å². The number of anilines is 1. The molecule has 2 N–H and O–H groups in total. The topological polar surface area (TPSA) is 92.7 Å². The first-order valence-corrected chi connectivity index (χ1v) is 4.93. The summed E-state index contributed by atoms with van der Waals surface area (Å²) in [4.78, 5) is 32.6. The van der Waals surface area contributed by atoms with Gasteiger partial charge in [-0.2, -0.15) is 0 Å². The number of nitrogens with one attached hydrogen (secondary N) is 1. The van der Waals surface area contributed by atoms with E-state index in [1.807, 2.05) is 0 Å². The van der Waals surface area contributed by atoms with E-state index in [9.17, 15) is 14.4 Å². The normalized spacial score (nSPS) is 10.1. The minimum Gasteiger partial charge on any atom is -0.478 e. The molecule has 6 heteroatoms. The number of esters is 1. The van der Waals surface area contributed by atoms with E-state index in [1.54, 1.807) is 0 Å². The van der Waals surface area contributed by atoms with Crippen LogP contribution < -0.4 is 5.32 Å². The van der Waals surface area contributed by atoms with Crippen molar-refractivity contribution in [1.82, 2.24) is 0 Å². The number of ether oxygens (including phenoxy) is 1. The van der Waals surface area contributed by atoms with Crippen molar-refractivity contribution in [2.45, 2.75) is 0 Å². The molecule has 0 fully saturated rings. The van der Waals surface area contributed by atoms with Gasteiger partial charge < -0.3 is 15.2 Å². The van der Waals surface area contributed by atoms with E-state index in [4.69, 9.17) is 5.11 Å². The lowest BCUT2D eigenvalue weighted by molar-refractivity contribution is -0.131. The Labute approximate surface area is 103 Å². The monoisotopic (exact) mass is 249 g/mol. The zero-order chi connectivity index (χ0) is 13.5. The Kier molecular flexibility index (Phi) is 4.62. The molecule has 0 spiro atoms. The van der Waals surface area contributed by atoms with Gasteiger partial charge in [-0.3, -0.25) is 4.79 Å².